The molecule has 4 rings (SSSR count). The smallest absolute Gasteiger partial charge is 0.343 e. The first-order valence-corrected chi connectivity index (χ1v) is 12.6. The van der Waals surface area contributed by atoms with Gasteiger partial charge in [-0.2, -0.15) is 5.10 Å². The number of hydrazone groups is 1. The molecule has 4 aromatic rings. The number of halogens is 3. The lowest BCUT2D eigenvalue weighted by Gasteiger charge is -2.11. The Hall–Kier alpha value is -4.04. The first kappa shape index (κ1) is 28.0. The lowest BCUT2D eigenvalue weighted by molar-refractivity contribution is 0.0729. The lowest BCUT2D eigenvalue weighted by Crippen LogP contribution is -2.18. The van der Waals surface area contributed by atoms with Crippen molar-refractivity contribution in [3.05, 3.63) is 122 Å². The van der Waals surface area contributed by atoms with Gasteiger partial charge in [0.1, 0.15) is 12.4 Å². The molecule has 0 aliphatic carbocycles. The van der Waals surface area contributed by atoms with E-state index in [0.29, 0.717) is 32.7 Å². The van der Waals surface area contributed by atoms with Crippen molar-refractivity contribution < 1.29 is 23.8 Å². The summed E-state index contributed by atoms with van der Waals surface area (Å²) in [7, 11) is 1.44. The molecule has 0 radical (unpaired) electrons. The first-order chi connectivity index (χ1) is 18.8. The van der Waals surface area contributed by atoms with E-state index in [2.05, 4.69) is 10.5 Å². The van der Waals surface area contributed by atoms with E-state index >= 15 is 0 Å². The molecule has 0 atom stereocenters. The summed E-state index contributed by atoms with van der Waals surface area (Å²) < 4.78 is 16.6. The van der Waals surface area contributed by atoms with Crippen molar-refractivity contribution in [3.8, 4) is 17.2 Å². The van der Waals surface area contributed by atoms with Gasteiger partial charge >= 0.3 is 5.97 Å². The van der Waals surface area contributed by atoms with Crippen LogP contribution in [0.5, 0.6) is 17.2 Å². The Morgan fingerprint density at radius 2 is 1.62 bits per heavy atom. The number of nitrogens with zero attached hydrogens (tertiary/aromatic N) is 1. The Kier molecular flexibility index (Phi) is 9.44. The molecular formula is C29H21Cl3N2O5. The van der Waals surface area contributed by atoms with E-state index in [1.807, 2.05) is 12.1 Å². The van der Waals surface area contributed by atoms with E-state index in [4.69, 9.17) is 49.0 Å². The summed E-state index contributed by atoms with van der Waals surface area (Å²) in [4.78, 5) is 25.3. The van der Waals surface area contributed by atoms with Crippen molar-refractivity contribution in [3.63, 3.8) is 0 Å². The van der Waals surface area contributed by atoms with Crippen molar-refractivity contribution in [2.75, 3.05) is 7.11 Å². The van der Waals surface area contributed by atoms with Gasteiger partial charge in [-0.05, 0) is 71.8 Å². The maximum Gasteiger partial charge on any atom is 0.343 e. The van der Waals surface area contributed by atoms with Crippen LogP contribution in [0.15, 0.2) is 90.0 Å². The van der Waals surface area contributed by atoms with Gasteiger partial charge in [-0.3, -0.25) is 4.79 Å². The number of nitrogens with one attached hydrogen (secondary N) is 1. The molecular weight excluding hydrogens is 563 g/mol. The Balaban J connectivity index is 1.39. The molecule has 0 unspecified atom stereocenters. The second kappa shape index (κ2) is 13.2. The maximum absolute atomic E-state index is 12.8. The van der Waals surface area contributed by atoms with E-state index in [9.17, 15) is 9.59 Å². The van der Waals surface area contributed by atoms with Crippen LogP contribution in [0.1, 0.15) is 31.8 Å². The molecule has 10 heteroatoms. The van der Waals surface area contributed by atoms with Crippen LogP contribution in [0.3, 0.4) is 0 Å². The quantitative estimate of drug-likeness (QED) is 0.0973. The number of benzene rings is 4. The fourth-order valence-electron chi connectivity index (χ4n) is 3.38. The molecule has 0 spiro atoms. The Morgan fingerprint density at radius 3 is 2.36 bits per heavy atom. The third-order valence-corrected chi connectivity index (χ3v) is 6.36. The van der Waals surface area contributed by atoms with E-state index in [1.165, 1.54) is 31.5 Å². The van der Waals surface area contributed by atoms with Crippen molar-refractivity contribution in [1.82, 2.24) is 5.43 Å². The number of carbonyl (C=O) groups is 2. The molecule has 1 amide bonds. The number of hydrogen-bond acceptors (Lipinski definition) is 6. The Labute approximate surface area is 239 Å². The van der Waals surface area contributed by atoms with Gasteiger partial charge in [-0.1, -0.05) is 59.1 Å². The van der Waals surface area contributed by atoms with Gasteiger partial charge in [0, 0.05) is 5.02 Å². The fraction of sp³-hybridized carbons (Fsp3) is 0.0690. The zero-order valence-corrected chi connectivity index (χ0v) is 22.8. The Bertz CT molecular complexity index is 1520. The van der Waals surface area contributed by atoms with Crippen LogP contribution in [-0.4, -0.2) is 25.2 Å². The molecule has 0 bridgehead atoms. The van der Waals surface area contributed by atoms with Crippen molar-refractivity contribution in [2.24, 2.45) is 5.10 Å². The summed E-state index contributed by atoms with van der Waals surface area (Å²) in [5, 5.41) is 5.23. The molecule has 0 fully saturated rings. The van der Waals surface area contributed by atoms with Crippen molar-refractivity contribution in [2.45, 2.75) is 6.61 Å². The average Bonchev–Trinajstić information content (AvgIpc) is 2.95. The van der Waals surface area contributed by atoms with E-state index in [-0.39, 0.29) is 22.9 Å². The highest BCUT2D eigenvalue weighted by molar-refractivity contribution is 6.42. The molecule has 198 valence electrons. The minimum atomic E-state index is -0.627. The molecule has 0 saturated heterocycles. The molecule has 0 aliphatic heterocycles. The van der Waals surface area contributed by atoms with Crippen LogP contribution in [0.25, 0.3) is 0 Å². The third kappa shape index (κ3) is 7.51. The van der Waals surface area contributed by atoms with E-state index in [1.54, 1.807) is 54.6 Å². The van der Waals surface area contributed by atoms with E-state index < -0.39 is 11.9 Å². The van der Waals surface area contributed by atoms with Crippen molar-refractivity contribution >= 4 is 52.9 Å². The molecule has 0 aromatic heterocycles. The normalized spacial score (nSPS) is 10.8. The van der Waals surface area contributed by atoms with Gasteiger partial charge in [-0.15, -0.1) is 0 Å². The van der Waals surface area contributed by atoms with Crippen LogP contribution >= 0.6 is 34.8 Å². The van der Waals surface area contributed by atoms with Crippen LogP contribution in [0, 0.1) is 0 Å². The predicted octanol–water partition coefficient (Wildman–Crippen LogP) is 7.22. The predicted molar refractivity (Wildman–Crippen MR) is 152 cm³/mol. The minimum absolute atomic E-state index is 0.196. The summed E-state index contributed by atoms with van der Waals surface area (Å²) in [5.74, 6) is -0.175. The second-order valence-electron chi connectivity index (χ2n) is 8.04. The molecule has 7 nitrogen and oxygen atoms in total. The summed E-state index contributed by atoms with van der Waals surface area (Å²) in [6, 6.07) is 23.4. The van der Waals surface area contributed by atoms with Gasteiger partial charge in [0.25, 0.3) is 5.91 Å². The average molecular weight is 584 g/mol. The molecule has 1 N–H and O–H groups in total. The zero-order valence-electron chi connectivity index (χ0n) is 20.5. The highest BCUT2D eigenvalue weighted by Gasteiger charge is 2.15. The number of methoxy groups -OCH3 is 1. The number of esters is 1. The molecule has 0 saturated carbocycles. The first-order valence-electron chi connectivity index (χ1n) is 11.5. The number of hydrogen-bond donors (Lipinski definition) is 1. The summed E-state index contributed by atoms with van der Waals surface area (Å²) >= 11 is 17.8. The topological polar surface area (TPSA) is 86.2 Å². The highest BCUT2D eigenvalue weighted by atomic mass is 35.5. The minimum Gasteiger partial charge on any atom is -0.493 e. The summed E-state index contributed by atoms with van der Waals surface area (Å²) in [6.45, 7) is 0.270. The van der Waals surface area contributed by atoms with Crippen LogP contribution in [-0.2, 0) is 6.61 Å². The Morgan fingerprint density at radius 1 is 0.846 bits per heavy atom. The number of carbonyl (C=O) groups excluding carboxylic acids is 2. The van der Waals surface area contributed by atoms with E-state index in [0.717, 1.165) is 5.56 Å². The third-order valence-electron chi connectivity index (χ3n) is 5.36. The van der Waals surface area contributed by atoms with Crippen LogP contribution in [0.4, 0.5) is 0 Å². The zero-order chi connectivity index (χ0) is 27.8. The molecule has 4 aromatic carbocycles. The van der Waals surface area contributed by atoms with Crippen LogP contribution in [0.2, 0.25) is 15.1 Å². The highest BCUT2D eigenvalue weighted by Crippen LogP contribution is 2.29. The number of para-hydroxylation sites is 1. The van der Waals surface area contributed by atoms with Gasteiger partial charge in [0.05, 0.1) is 34.5 Å². The van der Waals surface area contributed by atoms with Crippen LogP contribution < -0.4 is 19.6 Å². The number of rotatable bonds is 9. The summed E-state index contributed by atoms with van der Waals surface area (Å²) in [6.07, 6.45) is 1.43. The van der Waals surface area contributed by atoms with Gasteiger partial charge in [0.15, 0.2) is 11.5 Å². The van der Waals surface area contributed by atoms with Gasteiger partial charge in [0.2, 0.25) is 0 Å². The molecule has 39 heavy (non-hydrogen) atoms. The summed E-state index contributed by atoms with van der Waals surface area (Å²) in [5.41, 5.74) is 4.55. The molecule has 0 aliphatic rings. The SMILES string of the molecule is COc1cc(C=NNC(=O)c2ccccc2OCc2ccc(Cl)cc2)ccc1OC(=O)c1ccc(Cl)c(Cl)c1. The maximum atomic E-state index is 12.8. The number of ether oxygens (including phenoxy) is 3. The van der Waals surface area contributed by atoms with Gasteiger partial charge < -0.3 is 14.2 Å². The fourth-order valence-corrected chi connectivity index (χ4v) is 3.80. The molecule has 0 heterocycles. The standard InChI is InChI=1S/C29H21Cl3N2O5/c1-37-27-14-19(8-13-26(27)39-29(36)20-9-12-23(31)24(32)15-20)16-33-34-28(35)22-4-2-3-5-25(22)38-17-18-6-10-21(30)11-7-18/h2-16H,17H2,1H3,(H,34,35). The van der Waals surface area contributed by atoms with Gasteiger partial charge in [-0.25, -0.2) is 10.2 Å². The van der Waals surface area contributed by atoms with Crippen molar-refractivity contribution in [1.29, 1.82) is 0 Å². The monoisotopic (exact) mass is 582 g/mol. The number of amides is 1. The lowest BCUT2D eigenvalue weighted by atomic mass is 10.2. The second-order valence-corrected chi connectivity index (χ2v) is 9.29. The largest absolute Gasteiger partial charge is 0.493 e.